The van der Waals surface area contributed by atoms with Gasteiger partial charge in [-0.1, -0.05) is 212 Å². The van der Waals surface area contributed by atoms with Crippen molar-refractivity contribution in [2.24, 2.45) is 0 Å². The zero-order valence-electron chi connectivity index (χ0n) is 41.0. The second kappa shape index (κ2) is 42.9. The fraction of sp³-hybridized carbons (Fsp3) is 0.906. The maximum Gasteiger partial charge on any atom is 0.249 e. The zero-order valence-corrected chi connectivity index (χ0v) is 41.0. The van der Waals surface area contributed by atoms with E-state index in [1.165, 1.54) is 154 Å². The molecular weight excluding hydrogens is 811 g/mol. The van der Waals surface area contributed by atoms with Crippen molar-refractivity contribution in [3.8, 4) is 0 Å². The van der Waals surface area contributed by atoms with Crippen molar-refractivity contribution in [1.29, 1.82) is 0 Å². The highest BCUT2D eigenvalue weighted by molar-refractivity contribution is 5.80. The average Bonchev–Trinajstić information content (AvgIpc) is 3.29. The number of rotatable bonds is 45. The van der Waals surface area contributed by atoms with Crippen molar-refractivity contribution in [3.05, 3.63) is 24.3 Å². The Morgan fingerprint density at radius 3 is 1.39 bits per heavy atom. The van der Waals surface area contributed by atoms with Crippen LogP contribution in [0.1, 0.15) is 239 Å². The van der Waals surface area contributed by atoms with Crippen LogP contribution in [0.3, 0.4) is 0 Å². The van der Waals surface area contributed by atoms with Gasteiger partial charge < -0.3 is 50.5 Å². The topological polar surface area (TPSA) is 189 Å². The van der Waals surface area contributed by atoms with Gasteiger partial charge in [0.15, 0.2) is 6.29 Å². The first kappa shape index (κ1) is 60.6. The number of ether oxygens (including phenoxy) is 2. The van der Waals surface area contributed by atoms with Crippen LogP contribution in [0, 0.1) is 0 Å². The van der Waals surface area contributed by atoms with E-state index in [1.807, 2.05) is 0 Å². The summed E-state index contributed by atoms with van der Waals surface area (Å²) in [6, 6.07) is -1.19. The third-order valence-corrected chi connectivity index (χ3v) is 13.0. The number of hydrogen-bond donors (Lipinski definition) is 8. The number of nitrogens with one attached hydrogen (secondary N) is 1. The molecule has 0 aromatic carbocycles. The molecule has 1 heterocycles. The summed E-state index contributed by atoms with van der Waals surface area (Å²) in [6.45, 7) is 3.42. The molecular formula is C53H101NO10. The molecule has 64 heavy (non-hydrogen) atoms. The van der Waals surface area contributed by atoms with Crippen LogP contribution < -0.4 is 5.32 Å². The molecule has 0 aliphatic carbocycles. The van der Waals surface area contributed by atoms with Gasteiger partial charge in [0.25, 0.3) is 0 Å². The van der Waals surface area contributed by atoms with Gasteiger partial charge in [-0.2, -0.15) is 0 Å². The van der Waals surface area contributed by atoms with E-state index in [2.05, 4.69) is 43.5 Å². The van der Waals surface area contributed by atoms with Gasteiger partial charge in [0, 0.05) is 0 Å². The molecule has 0 bridgehead atoms. The van der Waals surface area contributed by atoms with Gasteiger partial charge >= 0.3 is 0 Å². The van der Waals surface area contributed by atoms with E-state index in [4.69, 9.17) is 9.47 Å². The maximum absolute atomic E-state index is 13.1. The van der Waals surface area contributed by atoms with Crippen molar-refractivity contribution in [3.63, 3.8) is 0 Å². The second-order valence-electron chi connectivity index (χ2n) is 18.9. The highest BCUT2D eigenvalue weighted by atomic mass is 16.7. The van der Waals surface area contributed by atoms with Crippen molar-refractivity contribution in [1.82, 2.24) is 5.32 Å². The largest absolute Gasteiger partial charge is 0.394 e. The van der Waals surface area contributed by atoms with Crippen LogP contribution in [0.25, 0.3) is 0 Å². The molecule has 11 nitrogen and oxygen atoms in total. The summed E-state index contributed by atoms with van der Waals surface area (Å²) < 4.78 is 11.1. The first-order valence-corrected chi connectivity index (χ1v) is 26.7. The standard InChI is InChI=1S/C53H101NO10/c1-3-5-7-9-11-13-15-17-18-19-20-21-22-23-24-25-26-27-29-31-33-35-37-39-41-46(57)52(62)54-44(43-63-53-51(61)50(60)49(59)47(42-55)64-53)48(58)45(56)40-38-36-34-32-30-28-16-14-12-10-8-6-4-2/h14,16,32,34,44-51,53,55-61H,3-13,15,17-31,33,35-43H2,1-2H3,(H,54,62)/b16-14+,34-32+. The van der Waals surface area contributed by atoms with Gasteiger partial charge in [0.1, 0.15) is 36.6 Å². The third-order valence-electron chi connectivity index (χ3n) is 13.0. The summed E-state index contributed by atoms with van der Waals surface area (Å²) in [5.74, 6) is -0.708. The van der Waals surface area contributed by atoms with Gasteiger partial charge in [-0.25, -0.2) is 0 Å². The molecule has 1 fully saturated rings. The lowest BCUT2D eigenvalue weighted by Gasteiger charge is -2.40. The molecule has 1 aliphatic heterocycles. The van der Waals surface area contributed by atoms with Gasteiger partial charge in [-0.3, -0.25) is 4.79 Å². The number of carbonyl (C=O) groups is 1. The summed E-state index contributed by atoms with van der Waals surface area (Å²) in [4.78, 5) is 13.1. The predicted molar refractivity (Wildman–Crippen MR) is 261 cm³/mol. The van der Waals surface area contributed by atoms with Crippen LogP contribution in [-0.2, 0) is 14.3 Å². The molecule has 0 aromatic heterocycles. The van der Waals surface area contributed by atoms with E-state index < -0.39 is 74.2 Å². The number of carbonyl (C=O) groups excluding carboxylic acids is 1. The Kier molecular flexibility index (Phi) is 40.6. The average molecular weight is 912 g/mol. The maximum atomic E-state index is 13.1. The van der Waals surface area contributed by atoms with Gasteiger partial charge in [-0.05, 0) is 51.4 Å². The number of amides is 1. The lowest BCUT2D eigenvalue weighted by molar-refractivity contribution is -0.303. The number of aliphatic hydroxyl groups is 7. The molecule has 1 saturated heterocycles. The first-order chi connectivity index (χ1) is 31.2. The summed E-state index contributed by atoms with van der Waals surface area (Å²) in [6.07, 6.45) is 38.1. The Bertz CT molecular complexity index is 1090. The molecule has 9 atom stereocenters. The highest BCUT2D eigenvalue weighted by Gasteiger charge is 2.44. The van der Waals surface area contributed by atoms with E-state index in [0.717, 1.165) is 38.5 Å². The van der Waals surface area contributed by atoms with Crippen molar-refractivity contribution in [2.45, 2.75) is 294 Å². The molecule has 1 rings (SSSR count). The Hall–Kier alpha value is -1.41. The van der Waals surface area contributed by atoms with Gasteiger partial charge in [-0.15, -0.1) is 0 Å². The predicted octanol–water partition coefficient (Wildman–Crippen LogP) is 10.2. The van der Waals surface area contributed by atoms with Crippen LogP contribution >= 0.6 is 0 Å². The Morgan fingerprint density at radius 1 is 0.531 bits per heavy atom. The molecule has 1 amide bonds. The van der Waals surface area contributed by atoms with Gasteiger partial charge in [0.2, 0.25) is 5.91 Å². The second-order valence-corrected chi connectivity index (χ2v) is 18.9. The van der Waals surface area contributed by atoms with E-state index in [9.17, 15) is 40.5 Å². The minimum atomic E-state index is -1.67. The molecule has 0 radical (unpaired) electrons. The molecule has 0 saturated carbocycles. The van der Waals surface area contributed by atoms with E-state index in [-0.39, 0.29) is 12.8 Å². The van der Waals surface area contributed by atoms with E-state index in [0.29, 0.717) is 19.3 Å². The minimum Gasteiger partial charge on any atom is -0.394 e. The molecule has 0 spiro atoms. The summed E-state index contributed by atoms with van der Waals surface area (Å²) in [7, 11) is 0. The molecule has 0 aromatic rings. The first-order valence-electron chi connectivity index (χ1n) is 26.7. The summed E-state index contributed by atoms with van der Waals surface area (Å²) in [5, 5.41) is 75.8. The summed E-state index contributed by atoms with van der Waals surface area (Å²) >= 11 is 0. The van der Waals surface area contributed by atoms with Crippen LogP contribution in [0.15, 0.2) is 24.3 Å². The Labute approximate surface area is 391 Å². The lowest BCUT2D eigenvalue weighted by atomic mass is 9.98. The fourth-order valence-corrected chi connectivity index (χ4v) is 8.58. The molecule has 11 heteroatoms. The zero-order chi connectivity index (χ0) is 46.9. The number of allylic oxidation sites excluding steroid dienone is 4. The van der Waals surface area contributed by atoms with E-state index in [1.54, 1.807) is 0 Å². The normalized spacial score (nSPS) is 21.2. The van der Waals surface area contributed by atoms with Crippen molar-refractivity contribution >= 4 is 5.91 Å². The molecule has 378 valence electrons. The third kappa shape index (κ3) is 31.5. The van der Waals surface area contributed by atoms with E-state index >= 15 is 0 Å². The SMILES string of the molecule is CCCCCC/C=C/CC/C=C/CCCC(O)C(O)C(COC1OC(CO)C(O)C(O)C1O)NC(=O)C(O)CCCCCCCCCCCCCCCCCCCCCCCCCC. The van der Waals surface area contributed by atoms with Crippen LogP contribution in [-0.4, -0.2) is 110 Å². The Morgan fingerprint density at radius 2 is 0.938 bits per heavy atom. The van der Waals surface area contributed by atoms with Crippen molar-refractivity contribution in [2.75, 3.05) is 13.2 Å². The molecule has 1 aliphatic rings. The minimum absolute atomic E-state index is 0.248. The summed E-state index contributed by atoms with van der Waals surface area (Å²) in [5.41, 5.74) is 0. The Balaban J connectivity index is 2.32. The molecule has 8 N–H and O–H groups in total. The quantitative estimate of drug-likeness (QED) is 0.0216. The number of aliphatic hydroxyl groups excluding tert-OH is 7. The van der Waals surface area contributed by atoms with Crippen LogP contribution in [0.5, 0.6) is 0 Å². The van der Waals surface area contributed by atoms with Crippen molar-refractivity contribution < 1.29 is 50.0 Å². The smallest absolute Gasteiger partial charge is 0.249 e. The lowest BCUT2D eigenvalue weighted by Crippen LogP contribution is -2.60. The number of unbranched alkanes of at least 4 members (excludes halogenated alkanes) is 29. The molecule has 9 unspecified atom stereocenters. The van der Waals surface area contributed by atoms with Crippen LogP contribution in [0.4, 0.5) is 0 Å². The van der Waals surface area contributed by atoms with Gasteiger partial charge in [0.05, 0.1) is 25.4 Å². The van der Waals surface area contributed by atoms with Crippen LogP contribution in [0.2, 0.25) is 0 Å². The highest BCUT2D eigenvalue weighted by Crippen LogP contribution is 2.23. The fourth-order valence-electron chi connectivity index (χ4n) is 8.58. The number of hydrogen-bond acceptors (Lipinski definition) is 10. The monoisotopic (exact) mass is 912 g/mol.